The zero-order valence-corrected chi connectivity index (χ0v) is 10.7. The van der Waals surface area contributed by atoms with Crippen molar-refractivity contribution in [1.29, 1.82) is 0 Å². The first-order valence-corrected chi connectivity index (χ1v) is 6.35. The highest BCUT2D eigenvalue weighted by atomic mass is 16.1. The molecule has 0 bridgehead atoms. The van der Waals surface area contributed by atoms with Gasteiger partial charge in [-0.3, -0.25) is 4.79 Å². The number of rotatable bonds is 3. The highest BCUT2D eigenvalue weighted by Crippen LogP contribution is 2.27. The second-order valence-corrected chi connectivity index (χ2v) is 4.74. The maximum atomic E-state index is 11.5. The van der Waals surface area contributed by atoms with E-state index in [0.717, 1.165) is 42.8 Å². The molecule has 18 heavy (non-hydrogen) atoms. The SMILES string of the molecule is Cc1ccnc(N2CCCCC2C(N)=O)c1CN. The molecule has 0 aromatic carbocycles. The minimum Gasteiger partial charge on any atom is -0.368 e. The summed E-state index contributed by atoms with van der Waals surface area (Å²) in [6.45, 7) is 3.25. The molecule has 2 rings (SSSR count). The molecule has 1 fully saturated rings. The highest BCUT2D eigenvalue weighted by Gasteiger charge is 2.29. The lowest BCUT2D eigenvalue weighted by Crippen LogP contribution is -2.48. The molecule has 1 atom stereocenters. The summed E-state index contributed by atoms with van der Waals surface area (Å²) in [6, 6.07) is 1.69. The van der Waals surface area contributed by atoms with E-state index in [9.17, 15) is 4.79 Å². The van der Waals surface area contributed by atoms with Gasteiger partial charge in [0.15, 0.2) is 0 Å². The van der Waals surface area contributed by atoms with Crippen molar-refractivity contribution in [2.24, 2.45) is 11.5 Å². The molecule has 5 nitrogen and oxygen atoms in total. The maximum Gasteiger partial charge on any atom is 0.240 e. The number of pyridine rings is 1. The predicted molar refractivity (Wildman–Crippen MR) is 71.0 cm³/mol. The second kappa shape index (κ2) is 5.35. The zero-order valence-electron chi connectivity index (χ0n) is 10.7. The Labute approximate surface area is 107 Å². The van der Waals surface area contributed by atoms with Gasteiger partial charge in [-0.2, -0.15) is 0 Å². The van der Waals surface area contributed by atoms with Crippen LogP contribution in [0.25, 0.3) is 0 Å². The smallest absolute Gasteiger partial charge is 0.240 e. The summed E-state index contributed by atoms with van der Waals surface area (Å²) in [5.74, 6) is 0.543. The van der Waals surface area contributed by atoms with Crippen LogP contribution in [0.1, 0.15) is 30.4 Å². The molecule has 1 saturated heterocycles. The number of aryl methyl sites for hydroxylation is 1. The van der Waals surface area contributed by atoms with Gasteiger partial charge < -0.3 is 16.4 Å². The van der Waals surface area contributed by atoms with Crippen molar-refractivity contribution < 1.29 is 4.79 Å². The van der Waals surface area contributed by atoms with Gasteiger partial charge in [-0.1, -0.05) is 0 Å². The van der Waals surface area contributed by atoms with Crippen LogP contribution >= 0.6 is 0 Å². The van der Waals surface area contributed by atoms with E-state index in [1.54, 1.807) is 6.20 Å². The summed E-state index contributed by atoms with van der Waals surface area (Å²) in [5.41, 5.74) is 13.4. The summed E-state index contributed by atoms with van der Waals surface area (Å²) in [6.07, 6.45) is 4.66. The van der Waals surface area contributed by atoms with Crippen molar-refractivity contribution in [3.05, 3.63) is 23.4 Å². The molecule has 1 amide bonds. The van der Waals surface area contributed by atoms with Crippen LogP contribution in [0.5, 0.6) is 0 Å². The number of primary amides is 1. The number of hydrogen-bond donors (Lipinski definition) is 2. The van der Waals surface area contributed by atoms with Crippen LogP contribution in [0.2, 0.25) is 0 Å². The van der Waals surface area contributed by atoms with Crippen LogP contribution < -0.4 is 16.4 Å². The molecule has 1 aliphatic rings. The van der Waals surface area contributed by atoms with Gasteiger partial charge >= 0.3 is 0 Å². The Balaban J connectivity index is 2.39. The van der Waals surface area contributed by atoms with E-state index in [2.05, 4.69) is 4.98 Å². The first-order chi connectivity index (χ1) is 8.65. The Morgan fingerprint density at radius 2 is 2.33 bits per heavy atom. The molecular formula is C13H20N4O. The molecule has 0 radical (unpaired) electrons. The average Bonchev–Trinajstić information content (AvgIpc) is 2.38. The molecule has 1 aromatic rings. The molecule has 2 heterocycles. The van der Waals surface area contributed by atoms with Gasteiger partial charge in [0.2, 0.25) is 5.91 Å². The molecule has 0 aliphatic carbocycles. The fourth-order valence-corrected chi connectivity index (χ4v) is 2.56. The first kappa shape index (κ1) is 12.8. The quantitative estimate of drug-likeness (QED) is 0.824. The minimum absolute atomic E-state index is 0.252. The third-order valence-corrected chi connectivity index (χ3v) is 3.57. The van der Waals surface area contributed by atoms with E-state index in [-0.39, 0.29) is 11.9 Å². The minimum atomic E-state index is -0.277. The van der Waals surface area contributed by atoms with Crippen molar-refractivity contribution in [2.75, 3.05) is 11.4 Å². The number of piperidine rings is 1. The lowest BCUT2D eigenvalue weighted by atomic mass is 10.00. The molecule has 1 aromatic heterocycles. The van der Waals surface area contributed by atoms with E-state index in [1.807, 2.05) is 17.9 Å². The van der Waals surface area contributed by atoms with Gasteiger partial charge in [0.25, 0.3) is 0 Å². The fourth-order valence-electron chi connectivity index (χ4n) is 2.56. The van der Waals surface area contributed by atoms with Gasteiger partial charge in [0.1, 0.15) is 11.9 Å². The van der Waals surface area contributed by atoms with E-state index in [1.165, 1.54) is 0 Å². The summed E-state index contributed by atoms with van der Waals surface area (Å²) in [4.78, 5) is 18.0. The number of nitrogens with two attached hydrogens (primary N) is 2. The van der Waals surface area contributed by atoms with Crippen molar-refractivity contribution in [3.8, 4) is 0 Å². The fraction of sp³-hybridized carbons (Fsp3) is 0.538. The van der Waals surface area contributed by atoms with Gasteiger partial charge in [0.05, 0.1) is 0 Å². The Kier molecular flexibility index (Phi) is 3.81. The van der Waals surface area contributed by atoms with Crippen LogP contribution in [0.4, 0.5) is 5.82 Å². The summed E-state index contributed by atoms with van der Waals surface area (Å²) >= 11 is 0. The number of carbonyl (C=O) groups is 1. The van der Waals surface area contributed by atoms with Gasteiger partial charge in [0, 0.05) is 24.8 Å². The van der Waals surface area contributed by atoms with Gasteiger partial charge in [-0.15, -0.1) is 0 Å². The molecule has 0 saturated carbocycles. The van der Waals surface area contributed by atoms with Crippen molar-refractivity contribution in [1.82, 2.24) is 4.98 Å². The monoisotopic (exact) mass is 248 g/mol. The van der Waals surface area contributed by atoms with Crippen LogP contribution in [0, 0.1) is 6.92 Å². The van der Waals surface area contributed by atoms with Gasteiger partial charge in [-0.25, -0.2) is 4.98 Å². The summed E-state index contributed by atoms with van der Waals surface area (Å²) in [7, 11) is 0. The van der Waals surface area contributed by atoms with E-state index >= 15 is 0 Å². The number of anilines is 1. The van der Waals surface area contributed by atoms with Crippen LogP contribution in [-0.2, 0) is 11.3 Å². The van der Waals surface area contributed by atoms with Crippen molar-refractivity contribution in [2.45, 2.75) is 38.8 Å². The number of aromatic nitrogens is 1. The second-order valence-electron chi connectivity index (χ2n) is 4.74. The Morgan fingerprint density at radius 3 is 3.00 bits per heavy atom. The lowest BCUT2D eigenvalue weighted by Gasteiger charge is -2.35. The Morgan fingerprint density at radius 1 is 1.56 bits per heavy atom. The largest absolute Gasteiger partial charge is 0.368 e. The molecule has 4 N–H and O–H groups in total. The normalized spacial score (nSPS) is 19.9. The maximum absolute atomic E-state index is 11.5. The predicted octanol–water partition coefficient (Wildman–Crippen LogP) is 0.693. The van der Waals surface area contributed by atoms with E-state index in [4.69, 9.17) is 11.5 Å². The number of hydrogen-bond acceptors (Lipinski definition) is 4. The molecule has 5 heteroatoms. The first-order valence-electron chi connectivity index (χ1n) is 6.35. The average molecular weight is 248 g/mol. The molecule has 98 valence electrons. The lowest BCUT2D eigenvalue weighted by molar-refractivity contribution is -0.119. The number of carbonyl (C=O) groups excluding carboxylic acids is 1. The summed E-state index contributed by atoms with van der Waals surface area (Å²) < 4.78 is 0. The Bertz CT molecular complexity index is 447. The number of nitrogens with zero attached hydrogens (tertiary/aromatic N) is 2. The summed E-state index contributed by atoms with van der Waals surface area (Å²) in [5, 5.41) is 0. The molecule has 0 spiro atoms. The number of amides is 1. The zero-order chi connectivity index (χ0) is 13.1. The van der Waals surface area contributed by atoms with Crippen LogP contribution in [0.15, 0.2) is 12.3 Å². The molecular weight excluding hydrogens is 228 g/mol. The third-order valence-electron chi connectivity index (χ3n) is 3.57. The van der Waals surface area contributed by atoms with Crippen molar-refractivity contribution >= 4 is 11.7 Å². The molecule has 1 aliphatic heterocycles. The standard InChI is InChI=1S/C13H20N4O/c1-9-5-6-16-13(10(9)8-14)17-7-3-2-4-11(17)12(15)18/h5-6,11H,2-4,7-8,14H2,1H3,(H2,15,18). The van der Waals surface area contributed by atoms with Gasteiger partial charge in [-0.05, 0) is 37.8 Å². The van der Waals surface area contributed by atoms with Crippen LogP contribution in [-0.4, -0.2) is 23.5 Å². The molecule has 1 unspecified atom stereocenters. The van der Waals surface area contributed by atoms with E-state index < -0.39 is 0 Å². The topological polar surface area (TPSA) is 85.2 Å². The Hall–Kier alpha value is -1.62. The van der Waals surface area contributed by atoms with Crippen molar-refractivity contribution in [3.63, 3.8) is 0 Å². The third kappa shape index (κ3) is 2.31. The van der Waals surface area contributed by atoms with Crippen LogP contribution in [0.3, 0.4) is 0 Å². The van der Waals surface area contributed by atoms with E-state index in [0.29, 0.717) is 6.54 Å². The highest BCUT2D eigenvalue weighted by molar-refractivity contribution is 5.83.